The zero-order valence-electron chi connectivity index (χ0n) is 9.01. The zero-order chi connectivity index (χ0) is 10.5. The summed E-state index contributed by atoms with van der Waals surface area (Å²) in [6.07, 6.45) is 4.51. The summed E-state index contributed by atoms with van der Waals surface area (Å²) >= 11 is 0. The standard InChI is InChI=1S/C12H18FNO/c13-11-5-12(8-15)4-10(6-14(12)7-11)9-2-1-3-9/h11,15H,1-8H2. The summed E-state index contributed by atoms with van der Waals surface area (Å²) in [5, 5.41) is 9.50. The van der Waals surface area contributed by atoms with Gasteiger partial charge in [0.1, 0.15) is 6.17 Å². The Bertz CT molecular complexity index is 309. The fraction of sp³-hybridized carbons (Fsp3) is 0.833. The van der Waals surface area contributed by atoms with Crippen molar-refractivity contribution in [2.24, 2.45) is 0 Å². The number of fused-ring (bicyclic) bond motifs is 1. The van der Waals surface area contributed by atoms with Gasteiger partial charge in [-0.3, -0.25) is 4.90 Å². The van der Waals surface area contributed by atoms with Gasteiger partial charge >= 0.3 is 0 Å². The molecule has 1 N–H and O–H groups in total. The normalized spacial score (nSPS) is 40.8. The topological polar surface area (TPSA) is 23.5 Å². The monoisotopic (exact) mass is 211 g/mol. The smallest absolute Gasteiger partial charge is 0.115 e. The first-order valence-electron chi connectivity index (χ1n) is 5.93. The maximum atomic E-state index is 13.3. The number of halogens is 1. The molecule has 0 amide bonds. The molecule has 3 heteroatoms. The Kier molecular flexibility index (Phi) is 2.15. The highest BCUT2D eigenvalue weighted by Crippen LogP contribution is 2.45. The SMILES string of the molecule is OCC12CC(=C3CCC3)CN1CC(F)C2. The molecule has 0 radical (unpaired) electrons. The second kappa shape index (κ2) is 3.29. The third-order valence-corrected chi connectivity index (χ3v) is 4.37. The molecule has 0 aromatic carbocycles. The van der Waals surface area contributed by atoms with Crippen LogP contribution in [0.25, 0.3) is 0 Å². The lowest BCUT2D eigenvalue weighted by Gasteiger charge is -2.28. The van der Waals surface area contributed by atoms with Gasteiger partial charge in [-0.15, -0.1) is 0 Å². The molecule has 1 aliphatic carbocycles. The summed E-state index contributed by atoms with van der Waals surface area (Å²) in [6, 6.07) is 0. The highest BCUT2D eigenvalue weighted by atomic mass is 19.1. The number of aliphatic hydroxyl groups is 1. The molecule has 3 aliphatic rings. The molecule has 3 fully saturated rings. The van der Waals surface area contributed by atoms with Gasteiger partial charge in [0.25, 0.3) is 0 Å². The molecule has 2 heterocycles. The van der Waals surface area contributed by atoms with E-state index in [1.54, 1.807) is 5.57 Å². The number of allylic oxidation sites excluding steroid dienone is 1. The van der Waals surface area contributed by atoms with Crippen molar-refractivity contribution in [1.29, 1.82) is 0 Å². The molecule has 2 saturated heterocycles. The number of nitrogens with zero attached hydrogens (tertiary/aromatic N) is 1. The minimum Gasteiger partial charge on any atom is -0.394 e. The Hall–Kier alpha value is -0.410. The predicted molar refractivity (Wildman–Crippen MR) is 56.4 cm³/mol. The van der Waals surface area contributed by atoms with Crippen LogP contribution in [0.2, 0.25) is 0 Å². The van der Waals surface area contributed by atoms with Crippen LogP contribution >= 0.6 is 0 Å². The van der Waals surface area contributed by atoms with E-state index in [-0.39, 0.29) is 12.1 Å². The lowest BCUT2D eigenvalue weighted by molar-refractivity contribution is 0.0997. The van der Waals surface area contributed by atoms with E-state index in [1.165, 1.54) is 24.8 Å². The van der Waals surface area contributed by atoms with E-state index in [9.17, 15) is 9.50 Å². The molecule has 84 valence electrons. The molecule has 1 saturated carbocycles. The van der Waals surface area contributed by atoms with Gasteiger partial charge in [-0.05, 0) is 25.7 Å². The van der Waals surface area contributed by atoms with Crippen molar-refractivity contribution >= 4 is 0 Å². The van der Waals surface area contributed by atoms with Crippen LogP contribution in [0.15, 0.2) is 11.1 Å². The van der Waals surface area contributed by atoms with Crippen molar-refractivity contribution in [3.05, 3.63) is 11.1 Å². The Labute approximate surface area is 89.8 Å². The molecular weight excluding hydrogens is 193 g/mol. The van der Waals surface area contributed by atoms with Crippen LogP contribution in [-0.4, -0.2) is 41.4 Å². The van der Waals surface area contributed by atoms with Crippen LogP contribution in [0, 0.1) is 0 Å². The Morgan fingerprint density at radius 3 is 2.73 bits per heavy atom. The summed E-state index contributed by atoms with van der Waals surface area (Å²) in [4.78, 5) is 2.16. The van der Waals surface area contributed by atoms with Gasteiger partial charge in [-0.25, -0.2) is 4.39 Å². The summed E-state index contributed by atoms with van der Waals surface area (Å²) in [5.74, 6) is 0. The fourth-order valence-corrected chi connectivity index (χ4v) is 3.30. The largest absolute Gasteiger partial charge is 0.394 e. The number of aliphatic hydroxyl groups excluding tert-OH is 1. The first-order chi connectivity index (χ1) is 7.23. The average Bonchev–Trinajstić information content (AvgIpc) is 2.54. The molecule has 15 heavy (non-hydrogen) atoms. The summed E-state index contributed by atoms with van der Waals surface area (Å²) in [7, 11) is 0. The van der Waals surface area contributed by atoms with E-state index in [0.717, 1.165) is 13.0 Å². The van der Waals surface area contributed by atoms with Gasteiger partial charge in [0, 0.05) is 19.5 Å². The second-order valence-electron chi connectivity index (χ2n) is 5.30. The second-order valence-corrected chi connectivity index (χ2v) is 5.30. The van der Waals surface area contributed by atoms with E-state index in [1.807, 2.05) is 0 Å². The number of hydrogen-bond donors (Lipinski definition) is 1. The summed E-state index contributed by atoms with van der Waals surface area (Å²) < 4.78 is 13.3. The van der Waals surface area contributed by atoms with Crippen LogP contribution in [-0.2, 0) is 0 Å². The molecule has 3 rings (SSSR count). The number of rotatable bonds is 1. The molecule has 2 aliphatic heterocycles. The Balaban J connectivity index is 1.84. The minimum absolute atomic E-state index is 0.115. The lowest BCUT2D eigenvalue weighted by Crippen LogP contribution is -2.41. The van der Waals surface area contributed by atoms with Crippen LogP contribution < -0.4 is 0 Å². The van der Waals surface area contributed by atoms with Gasteiger partial charge in [0.2, 0.25) is 0 Å². The summed E-state index contributed by atoms with van der Waals surface area (Å²) in [5.41, 5.74) is 2.85. The maximum Gasteiger partial charge on any atom is 0.115 e. The molecule has 2 unspecified atom stereocenters. The van der Waals surface area contributed by atoms with Crippen molar-refractivity contribution in [3.8, 4) is 0 Å². The van der Waals surface area contributed by atoms with E-state index >= 15 is 0 Å². The van der Waals surface area contributed by atoms with Crippen LogP contribution in [0.3, 0.4) is 0 Å². The highest BCUT2D eigenvalue weighted by Gasteiger charge is 2.50. The lowest BCUT2D eigenvalue weighted by atomic mass is 9.84. The molecule has 0 spiro atoms. The predicted octanol–water partition coefficient (Wildman–Crippen LogP) is 1.65. The minimum atomic E-state index is -0.731. The van der Waals surface area contributed by atoms with Crippen LogP contribution in [0.1, 0.15) is 32.1 Å². The Morgan fingerprint density at radius 1 is 1.40 bits per heavy atom. The van der Waals surface area contributed by atoms with Gasteiger partial charge in [-0.1, -0.05) is 11.1 Å². The maximum absolute atomic E-state index is 13.3. The number of alkyl halides is 1. The van der Waals surface area contributed by atoms with Crippen molar-refractivity contribution in [3.63, 3.8) is 0 Å². The number of hydrogen-bond acceptors (Lipinski definition) is 2. The van der Waals surface area contributed by atoms with Crippen molar-refractivity contribution in [2.75, 3.05) is 19.7 Å². The Morgan fingerprint density at radius 2 is 2.20 bits per heavy atom. The summed E-state index contributed by atoms with van der Waals surface area (Å²) in [6.45, 7) is 1.55. The molecular formula is C12H18FNO. The van der Waals surface area contributed by atoms with Gasteiger partial charge in [0.15, 0.2) is 0 Å². The quantitative estimate of drug-likeness (QED) is 0.667. The van der Waals surface area contributed by atoms with E-state index in [0.29, 0.717) is 13.0 Å². The van der Waals surface area contributed by atoms with E-state index < -0.39 is 6.17 Å². The van der Waals surface area contributed by atoms with E-state index in [2.05, 4.69) is 4.90 Å². The first kappa shape index (κ1) is 9.79. The van der Waals surface area contributed by atoms with E-state index in [4.69, 9.17) is 0 Å². The third-order valence-electron chi connectivity index (χ3n) is 4.37. The fourth-order valence-electron chi connectivity index (χ4n) is 3.30. The zero-order valence-corrected chi connectivity index (χ0v) is 9.01. The van der Waals surface area contributed by atoms with Gasteiger partial charge in [-0.2, -0.15) is 0 Å². The first-order valence-corrected chi connectivity index (χ1v) is 5.93. The molecule has 0 aromatic heterocycles. The molecule has 2 nitrogen and oxygen atoms in total. The van der Waals surface area contributed by atoms with Gasteiger partial charge < -0.3 is 5.11 Å². The van der Waals surface area contributed by atoms with Crippen molar-refractivity contribution in [1.82, 2.24) is 4.90 Å². The third kappa shape index (κ3) is 1.36. The molecule has 0 bridgehead atoms. The highest BCUT2D eigenvalue weighted by molar-refractivity contribution is 5.29. The molecule has 0 aromatic rings. The molecule has 2 atom stereocenters. The van der Waals surface area contributed by atoms with Gasteiger partial charge in [0.05, 0.1) is 12.1 Å². The van der Waals surface area contributed by atoms with Crippen LogP contribution in [0.4, 0.5) is 4.39 Å². The van der Waals surface area contributed by atoms with Crippen LogP contribution in [0.5, 0.6) is 0 Å². The van der Waals surface area contributed by atoms with Crippen molar-refractivity contribution in [2.45, 2.75) is 43.8 Å². The average molecular weight is 211 g/mol. The van der Waals surface area contributed by atoms with Crippen molar-refractivity contribution < 1.29 is 9.50 Å².